The van der Waals surface area contributed by atoms with E-state index >= 15 is 0 Å². The number of rotatable bonds is 1. The Kier molecular flexibility index (Phi) is 2.06. The van der Waals surface area contributed by atoms with Crippen LogP contribution in [0, 0.1) is 0 Å². The summed E-state index contributed by atoms with van der Waals surface area (Å²) in [6, 6.07) is 0. The van der Waals surface area contributed by atoms with Crippen molar-refractivity contribution >= 4 is 5.97 Å². The molecule has 4 nitrogen and oxygen atoms in total. The summed E-state index contributed by atoms with van der Waals surface area (Å²) in [5.41, 5.74) is 1.17. The number of carboxylic acid groups (broad SMARTS) is 1. The van der Waals surface area contributed by atoms with Crippen molar-refractivity contribution < 1.29 is 14.6 Å². The van der Waals surface area contributed by atoms with Crippen LogP contribution in [0.1, 0.15) is 0 Å². The number of nitrogens with zero attached hydrogens (tertiary/aromatic N) is 1. The van der Waals surface area contributed by atoms with E-state index in [1.807, 2.05) is 11.0 Å². The molecular weight excluding hydrogens is 170 g/mol. The number of fused-ring (bicyclic) bond motifs is 1. The molecule has 0 saturated carbocycles. The Morgan fingerprint density at radius 2 is 2.46 bits per heavy atom. The maximum Gasteiger partial charge on any atom is 0.337 e. The van der Waals surface area contributed by atoms with Crippen molar-refractivity contribution in [2.75, 3.05) is 26.3 Å². The number of carbonyl (C=O) groups is 1. The second-order valence-electron chi connectivity index (χ2n) is 3.07. The van der Waals surface area contributed by atoms with Crippen LogP contribution < -0.4 is 0 Å². The summed E-state index contributed by atoms with van der Waals surface area (Å²) in [5.74, 6) is -0.874. The fourth-order valence-electron chi connectivity index (χ4n) is 1.61. The van der Waals surface area contributed by atoms with Crippen LogP contribution in [0.15, 0.2) is 23.4 Å². The molecule has 0 unspecified atom stereocenters. The van der Waals surface area contributed by atoms with E-state index in [4.69, 9.17) is 9.84 Å². The molecule has 0 amide bonds. The van der Waals surface area contributed by atoms with Crippen molar-refractivity contribution in [2.45, 2.75) is 0 Å². The molecule has 0 aliphatic carbocycles. The fourth-order valence-corrected chi connectivity index (χ4v) is 1.61. The Bertz CT molecular complexity index is 293. The van der Waals surface area contributed by atoms with Crippen LogP contribution in [0.25, 0.3) is 0 Å². The highest BCUT2D eigenvalue weighted by molar-refractivity contribution is 5.91. The lowest BCUT2D eigenvalue weighted by Crippen LogP contribution is -2.37. The number of aliphatic carboxylic acids is 1. The molecule has 0 aromatic heterocycles. The van der Waals surface area contributed by atoms with E-state index < -0.39 is 5.97 Å². The Labute approximate surface area is 76.1 Å². The average Bonchev–Trinajstić information content (AvgIpc) is 2.17. The number of carboxylic acids is 1. The van der Waals surface area contributed by atoms with E-state index in [9.17, 15) is 4.79 Å². The zero-order valence-electron chi connectivity index (χ0n) is 7.19. The van der Waals surface area contributed by atoms with Gasteiger partial charge in [0.25, 0.3) is 0 Å². The van der Waals surface area contributed by atoms with Crippen molar-refractivity contribution in [2.24, 2.45) is 0 Å². The van der Waals surface area contributed by atoms with Gasteiger partial charge in [0.15, 0.2) is 0 Å². The van der Waals surface area contributed by atoms with Crippen molar-refractivity contribution in [1.29, 1.82) is 0 Å². The second kappa shape index (κ2) is 3.22. The van der Waals surface area contributed by atoms with Gasteiger partial charge in [-0.1, -0.05) is 6.08 Å². The molecule has 0 radical (unpaired) electrons. The van der Waals surface area contributed by atoms with Crippen molar-refractivity contribution in [3.8, 4) is 0 Å². The fraction of sp³-hybridized carbons (Fsp3) is 0.444. The van der Waals surface area contributed by atoms with E-state index in [-0.39, 0.29) is 0 Å². The van der Waals surface area contributed by atoms with Gasteiger partial charge in [-0.2, -0.15) is 0 Å². The van der Waals surface area contributed by atoms with E-state index in [0.29, 0.717) is 18.8 Å². The Morgan fingerprint density at radius 3 is 3.23 bits per heavy atom. The molecule has 1 saturated heterocycles. The predicted molar refractivity (Wildman–Crippen MR) is 46.2 cm³/mol. The van der Waals surface area contributed by atoms with Gasteiger partial charge < -0.3 is 14.7 Å². The molecule has 0 atom stereocenters. The van der Waals surface area contributed by atoms with Crippen LogP contribution in [0.4, 0.5) is 0 Å². The van der Waals surface area contributed by atoms with Gasteiger partial charge in [0.1, 0.15) is 0 Å². The van der Waals surface area contributed by atoms with E-state index in [1.165, 1.54) is 0 Å². The largest absolute Gasteiger partial charge is 0.478 e. The van der Waals surface area contributed by atoms with Crippen LogP contribution in [-0.2, 0) is 9.53 Å². The van der Waals surface area contributed by atoms with E-state index in [0.717, 1.165) is 18.8 Å². The van der Waals surface area contributed by atoms with Crippen molar-refractivity contribution in [3.63, 3.8) is 0 Å². The lowest BCUT2D eigenvalue weighted by molar-refractivity contribution is -0.132. The van der Waals surface area contributed by atoms with Gasteiger partial charge in [-0.25, -0.2) is 4.79 Å². The van der Waals surface area contributed by atoms with Gasteiger partial charge in [-0.3, -0.25) is 0 Å². The first-order valence-electron chi connectivity index (χ1n) is 4.24. The van der Waals surface area contributed by atoms with Crippen molar-refractivity contribution in [3.05, 3.63) is 23.4 Å². The van der Waals surface area contributed by atoms with Gasteiger partial charge in [-0.15, -0.1) is 0 Å². The molecule has 0 aromatic carbocycles. The third-order valence-corrected chi connectivity index (χ3v) is 2.28. The SMILES string of the molecule is O=C(O)C1=C2COCCN2CC=C1. The third-order valence-electron chi connectivity index (χ3n) is 2.28. The van der Waals surface area contributed by atoms with Gasteiger partial charge in [-0.05, 0) is 6.08 Å². The van der Waals surface area contributed by atoms with Gasteiger partial charge in [0.05, 0.1) is 24.5 Å². The van der Waals surface area contributed by atoms with Gasteiger partial charge >= 0.3 is 5.97 Å². The van der Waals surface area contributed by atoms with E-state index in [2.05, 4.69) is 0 Å². The molecule has 2 aliphatic heterocycles. The summed E-state index contributed by atoms with van der Waals surface area (Å²) in [6.45, 7) is 2.70. The number of ether oxygens (including phenoxy) is 1. The zero-order chi connectivity index (χ0) is 9.26. The highest BCUT2D eigenvalue weighted by Crippen LogP contribution is 2.20. The number of hydrogen-bond acceptors (Lipinski definition) is 3. The molecule has 0 bridgehead atoms. The van der Waals surface area contributed by atoms with Crippen LogP contribution in [0.5, 0.6) is 0 Å². The van der Waals surface area contributed by atoms with Crippen LogP contribution in [-0.4, -0.2) is 42.3 Å². The lowest BCUT2D eigenvalue weighted by Gasteiger charge is -2.33. The number of morpholine rings is 1. The maximum atomic E-state index is 10.8. The molecule has 1 N–H and O–H groups in total. The quantitative estimate of drug-likeness (QED) is 0.629. The molecular formula is C9H11NO3. The summed E-state index contributed by atoms with van der Waals surface area (Å²) in [6.07, 6.45) is 3.53. The Morgan fingerprint density at radius 1 is 1.62 bits per heavy atom. The first kappa shape index (κ1) is 8.31. The van der Waals surface area contributed by atoms with Gasteiger partial charge in [0, 0.05) is 13.1 Å². The van der Waals surface area contributed by atoms with Gasteiger partial charge in [0.2, 0.25) is 0 Å². The highest BCUT2D eigenvalue weighted by atomic mass is 16.5. The normalized spacial score (nSPS) is 21.7. The minimum atomic E-state index is -0.874. The average molecular weight is 181 g/mol. The Balaban J connectivity index is 2.33. The van der Waals surface area contributed by atoms with E-state index in [1.54, 1.807) is 6.08 Å². The van der Waals surface area contributed by atoms with Crippen LogP contribution in [0.2, 0.25) is 0 Å². The molecule has 13 heavy (non-hydrogen) atoms. The zero-order valence-corrected chi connectivity index (χ0v) is 7.19. The topological polar surface area (TPSA) is 49.8 Å². The highest BCUT2D eigenvalue weighted by Gasteiger charge is 2.23. The van der Waals surface area contributed by atoms with Crippen LogP contribution in [0.3, 0.4) is 0 Å². The standard InChI is InChI=1S/C9H11NO3/c11-9(12)7-2-1-3-10-4-5-13-6-8(7)10/h1-2H,3-6H2,(H,11,12). The smallest absolute Gasteiger partial charge is 0.337 e. The summed E-state index contributed by atoms with van der Waals surface area (Å²) < 4.78 is 5.22. The first-order chi connectivity index (χ1) is 6.29. The molecule has 2 rings (SSSR count). The molecule has 0 aromatic rings. The summed E-state index contributed by atoms with van der Waals surface area (Å²) >= 11 is 0. The molecule has 2 aliphatic rings. The molecule has 70 valence electrons. The minimum absolute atomic E-state index is 0.367. The maximum absolute atomic E-state index is 10.8. The van der Waals surface area contributed by atoms with Crippen molar-refractivity contribution in [1.82, 2.24) is 4.90 Å². The monoisotopic (exact) mass is 181 g/mol. The minimum Gasteiger partial charge on any atom is -0.478 e. The Hall–Kier alpha value is -1.29. The molecule has 0 spiro atoms. The summed E-state index contributed by atoms with van der Waals surface area (Å²) in [7, 11) is 0. The van der Waals surface area contributed by atoms with Crippen LogP contribution >= 0.6 is 0 Å². The first-order valence-corrected chi connectivity index (χ1v) is 4.24. The summed E-state index contributed by atoms with van der Waals surface area (Å²) in [5, 5.41) is 8.89. The molecule has 1 fully saturated rings. The molecule has 4 heteroatoms. The summed E-state index contributed by atoms with van der Waals surface area (Å²) in [4.78, 5) is 12.9. The lowest BCUT2D eigenvalue weighted by atomic mass is 10.1. The predicted octanol–water partition coefficient (Wildman–Crippen LogP) is 0.227. The molecule has 2 heterocycles. The third kappa shape index (κ3) is 1.45. The number of hydrogen-bond donors (Lipinski definition) is 1. The second-order valence-corrected chi connectivity index (χ2v) is 3.07.